The Balaban J connectivity index is 2.10. The normalized spacial score (nSPS) is 22.5. The number of halogens is 2. The van der Waals surface area contributed by atoms with E-state index in [1.807, 2.05) is 0 Å². The van der Waals surface area contributed by atoms with Gasteiger partial charge in [-0.25, -0.2) is 8.78 Å². The van der Waals surface area contributed by atoms with E-state index in [9.17, 15) is 13.6 Å². The zero-order valence-corrected chi connectivity index (χ0v) is 7.17. The number of ether oxygens (including phenoxy) is 2. The van der Waals surface area contributed by atoms with E-state index in [-0.39, 0.29) is 18.3 Å². The molecule has 1 fully saturated rings. The number of rotatable bonds is 5. The molecule has 1 aliphatic rings. The van der Waals surface area contributed by atoms with Crippen molar-refractivity contribution < 1.29 is 23.0 Å². The van der Waals surface area contributed by atoms with Crippen LogP contribution < -0.4 is 0 Å². The highest BCUT2D eigenvalue weighted by molar-refractivity contribution is 5.82. The molecule has 0 aliphatic carbocycles. The molecule has 0 amide bonds. The maximum Gasteiger partial charge on any atom is 0.261 e. The number of Topliss-reactive ketones (excluding diaryl/α,β-unsaturated/α-hetero) is 1. The van der Waals surface area contributed by atoms with Crippen molar-refractivity contribution in [2.75, 3.05) is 26.4 Å². The highest BCUT2D eigenvalue weighted by Crippen LogP contribution is 2.13. The minimum atomic E-state index is -2.51. The molecule has 0 aromatic carbocycles. The Kier molecular flexibility index (Phi) is 4.24. The Hall–Kier alpha value is -0.550. The van der Waals surface area contributed by atoms with Crippen LogP contribution in [0.2, 0.25) is 0 Å². The predicted octanol–water partition coefficient (Wildman–Crippen LogP) is 0.874. The summed E-state index contributed by atoms with van der Waals surface area (Å²) in [6.07, 6.45) is -1.83. The van der Waals surface area contributed by atoms with Gasteiger partial charge in [0.05, 0.1) is 6.61 Å². The summed E-state index contributed by atoms with van der Waals surface area (Å²) in [6.45, 7) is 0.0831. The molecule has 1 aliphatic heterocycles. The van der Waals surface area contributed by atoms with Crippen LogP contribution in [0.1, 0.15) is 6.42 Å². The van der Waals surface area contributed by atoms with Gasteiger partial charge in [-0.2, -0.15) is 0 Å². The fraction of sp³-hybridized carbons (Fsp3) is 0.875. The zero-order valence-electron chi connectivity index (χ0n) is 7.17. The third-order valence-electron chi connectivity index (χ3n) is 1.87. The number of hydrogen-bond donors (Lipinski definition) is 0. The molecule has 0 N–H and O–H groups in total. The number of ketones is 1. The lowest BCUT2D eigenvalue weighted by molar-refractivity contribution is -0.128. The number of alkyl halides is 2. The fourth-order valence-electron chi connectivity index (χ4n) is 1.15. The van der Waals surface area contributed by atoms with Crippen molar-refractivity contribution in [2.24, 2.45) is 5.92 Å². The van der Waals surface area contributed by atoms with Gasteiger partial charge in [0.1, 0.15) is 13.2 Å². The van der Waals surface area contributed by atoms with Crippen LogP contribution in [0.15, 0.2) is 0 Å². The van der Waals surface area contributed by atoms with Crippen molar-refractivity contribution in [3.05, 3.63) is 0 Å². The Morgan fingerprint density at radius 3 is 2.92 bits per heavy atom. The molecule has 0 bridgehead atoms. The molecule has 1 rings (SSSR count). The molecular formula is C8H12F2O3. The molecule has 5 heteroatoms. The molecule has 0 aromatic rings. The summed E-state index contributed by atoms with van der Waals surface area (Å²) < 4.78 is 32.7. The average molecular weight is 194 g/mol. The second-order valence-corrected chi connectivity index (χ2v) is 2.93. The fourth-order valence-corrected chi connectivity index (χ4v) is 1.15. The first-order chi connectivity index (χ1) is 6.20. The lowest BCUT2D eigenvalue weighted by Crippen LogP contribution is -2.21. The third-order valence-corrected chi connectivity index (χ3v) is 1.87. The lowest BCUT2D eigenvalue weighted by Gasteiger charge is -2.06. The second-order valence-electron chi connectivity index (χ2n) is 2.93. The third kappa shape index (κ3) is 3.78. The van der Waals surface area contributed by atoms with Gasteiger partial charge < -0.3 is 9.47 Å². The Labute approximate surface area is 75.0 Å². The van der Waals surface area contributed by atoms with Crippen molar-refractivity contribution in [3.63, 3.8) is 0 Å². The quantitative estimate of drug-likeness (QED) is 0.651. The Bertz CT molecular complexity index is 167. The molecule has 76 valence electrons. The van der Waals surface area contributed by atoms with Gasteiger partial charge in [-0.05, 0) is 6.42 Å². The van der Waals surface area contributed by atoms with E-state index in [4.69, 9.17) is 4.74 Å². The molecule has 0 aromatic heterocycles. The monoisotopic (exact) mass is 194 g/mol. The molecule has 13 heavy (non-hydrogen) atoms. The molecule has 0 radical (unpaired) electrons. The minimum Gasteiger partial charge on any atom is -0.381 e. The summed E-state index contributed by atoms with van der Waals surface area (Å²) >= 11 is 0. The van der Waals surface area contributed by atoms with E-state index in [0.717, 1.165) is 0 Å². The van der Waals surface area contributed by atoms with Gasteiger partial charge in [0, 0.05) is 12.5 Å². The number of carbonyl (C=O) groups excluding carboxylic acids is 1. The van der Waals surface area contributed by atoms with E-state index in [1.165, 1.54) is 0 Å². The largest absolute Gasteiger partial charge is 0.381 e. The molecule has 1 heterocycles. The van der Waals surface area contributed by atoms with Gasteiger partial charge in [-0.3, -0.25) is 4.79 Å². The predicted molar refractivity (Wildman–Crippen MR) is 40.8 cm³/mol. The van der Waals surface area contributed by atoms with Crippen LogP contribution in [0.5, 0.6) is 0 Å². The van der Waals surface area contributed by atoms with Crippen LogP contribution in [-0.4, -0.2) is 38.6 Å². The van der Waals surface area contributed by atoms with Crippen molar-refractivity contribution in [1.29, 1.82) is 0 Å². The Morgan fingerprint density at radius 1 is 1.62 bits per heavy atom. The number of hydrogen-bond acceptors (Lipinski definition) is 3. The van der Waals surface area contributed by atoms with Gasteiger partial charge in [-0.1, -0.05) is 0 Å². The van der Waals surface area contributed by atoms with Crippen molar-refractivity contribution >= 4 is 5.78 Å². The Morgan fingerprint density at radius 2 is 2.38 bits per heavy atom. The summed E-state index contributed by atoms with van der Waals surface area (Å²) in [5.41, 5.74) is 0. The maximum absolute atomic E-state index is 11.6. The summed E-state index contributed by atoms with van der Waals surface area (Å²) in [5, 5.41) is 0. The van der Waals surface area contributed by atoms with E-state index < -0.39 is 13.0 Å². The molecule has 3 nitrogen and oxygen atoms in total. The van der Waals surface area contributed by atoms with E-state index in [0.29, 0.717) is 19.6 Å². The SMILES string of the molecule is O=C(COCC(F)F)C1CCOC1. The van der Waals surface area contributed by atoms with Gasteiger partial charge >= 0.3 is 0 Å². The van der Waals surface area contributed by atoms with Crippen molar-refractivity contribution in [3.8, 4) is 0 Å². The summed E-state index contributed by atoms with van der Waals surface area (Å²) in [5.74, 6) is -0.296. The zero-order chi connectivity index (χ0) is 9.68. The first kappa shape index (κ1) is 10.5. The first-order valence-corrected chi connectivity index (χ1v) is 4.16. The molecule has 1 unspecified atom stereocenters. The minimum absolute atomic E-state index is 0.141. The van der Waals surface area contributed by atoms with Crippen molar-refractivity contribution in [2.45, 2.75) is 12.8 Å². The highest BCUT2D eigenvalue weighted by Gasteiger charge is 2.23. The average Bonchev–Trinajstić information content (AvgIpc) is 2.55. The maximum atomic E-state index is 11.6. The van der Waals surface area contributed by atoms with E-state index in [2.05, 4.69) is 4.74 Å². The summed E-state index contributed by atoms with van der Waals surface area (Å²) in [4.78, 5) is 11.2. The molecule has 1 saturated heterocycles. The highest BCUT2D eigenvalue weighted by atomic mass is 19.3. The topological polar surface area (TPSA) is 35.5 Å². The second kappa shape index (κ2) is 5.24. The van der Waals surface area contributed by atoms with Crippen molar-refractivity contribution in [1.82, 2.24) is 0 Å². The van der Waals surface area contributed by atoms with Gasteiger partial charge in [0.2, 0.25) is 0 Å². The van der Waals surface area contributed by atoms with E-state index >= 15 is 0 Å². The lowest BCUT2D eigenvalue weighted by atomic mass is 10.0. The summed E-state index contributed by atoms with van der Waals surface area (Å²) in [6, 6.07) is 0. The van der Waals surface area contributed by atoms with Crippen LogP contribution in [0.25, 0.3) is 0 Å². The molecule has 0 saturated carbocycles. The smallest absolute Gasteiger partial charge is 0.261 e. The van der Waals surface area contributed by atoms with Crippen LogP contribution in [0.4, 0.5) is 8.78 Å². The van der Waals surface area contributed by atoms with Gasteiger partial charge in [0.15, 0.2) is 5.78 Å². The van der Waals surface area contributed by atoms with E-state index in [1.54, 1.807) is 0 Å². The van der Waals surface area contributed by atoms with Gasteiger partial charge in [0.25, 0.3) is 6.43 Å². The van der Waals surface area contributed by atoms with Crippen LogP contribution in [0.3, 0.4) is 0 Å². The molecule has 0 spiro atoms. The number of carbonyl (C=O) groups is 1. The standard InChI is InChI=1S/C8H12F2O3/c9-8(10)5-13-4-7(11)6-1-2-12-3-6/h6,8H,1-5H2. The summed E-state index contributed by atoms with van der Waals surface area (Å²) in [7, 11) is 0. The van der Waals surface area contributed by atoms with Crippen LogP contribution >= 0.6 is 0 Å². The first-order valence-electron chi connectivity index (χ1n) is 4.16. The molecule has 1 atom stereocenters. The molecular weight excluding hydrogens is 182 g/mol. The van der Waals surface area contributed by atoms with Crippen LogP contribution in [-0.2, 0) is 14.3 Å². The van der Waals surface area contributed by atoms with Crippen LogP contribution in [0, 0.1) is 5.92 Å². The van der Waals surface area contributed by atoms with Gasteiger partial charge in [-0.15, -0.1) is 0 Å².